The van der Waals surface area contributed by atoms with Crippen LogP contribution in [-0.4, -0.2) is 59.0 Å². The number of piperidine rings is 1. The van der Waals surface area contributed by atoms with Crippen LogP contribution in [0.3, 0.4) is 0 Å². The van der Waals surface area contributed by atoms with E-state index >= 15 is 0 Å². The molecule has 0 atom stereocenters. The highest BCUT2D eigenvalue weighted by molar-refractivity contribution is 5.77. The third-order valence-corrected chi connectivity index (χ3v) is 5.81. The summed E-state index contributed by atoms with van der Waals surface area (Å²) in [5, 5.41) is 2.89. The van der Waals surface area contributed by atoms with Crippen molar-refractivity contribution in [1.29, 1.82) is 0 Å². The number of amides is 4. The minimum Gasteiger partial charge on any atom is -0.467 e. The molecule has 2 saturated heterocycles. The number of carbonyl (C=O) groups is 2. The summed E-state index contributed by atoms with van der Waals surface area (Å²) in [4.78, 5) is 31.0. The number of carbonyl (C=O) groups excluding carboxylic acids is 2. The van der Waals surface area contributed by atoms with Crippen molar-refractivity contribution < 1.29 is 14.0 Å². The number of nitrogens with one attached hydrogen (secondary N) is 1. The van der Waals surface area contributed by atoms with Gasteiger partial charge in [0.25, 0.3) is 0 Å². The fraction of sp³-hybridized carbons (Fsp3) is 0.455. The number of hydrogen-bond donors (Lipinski definition) is 1. The van der Waals surface area contributed by atoms with E-state index in [-0.39, 0.29) is 18.1 Å². The highest BCUT2D eigenvalue weighted by atomic mass is 16.3. The first kappa shape index (κ1) is 19.4. The van der Waals surface area contributed by atoms with Gasteiger partial charge in [-0.15, -0.1) is 0 Å². The molecular formula is C22H28N4O3. The number of rotatable bonds is 5. The molecule has 4 rings (SSSR count). The lowest BCUT2D eigenvalue weighted by molar-refractivity contribution is 0.134. The van der Waals surface area contributed by atoms with Crippen LogP contribution >= 0.6 is 0 Å². The first-order valence-corrected chi connectivity index (χ1v) is 10.3. The Labute approximate surface area is 171 Å². The van der Waals surface area contributed by atoms with Crippen LogP contribution in [0.5, 0.6) is 0 Å². The monoisotopic (exact) mass is 396 g/mol. The van der Waals surface area contributed by atoms with E-state index in [1.165, 1.54) is 5.56 Å². The quantitative estimate of drug-likeness (QED) is 0.844. The maximum Gasteiger partial charge on any atom is 0.320 e. The molecular weight excluding hydrogens is 368 g/mol. The van der Waals surface area contributed by atoms with E-state index < -0.39 is 0 Å². The Morgan fingerprint density at radius 3 is 2.55 bits per heavy atom. The molecule has 2 aliphatic heterocycles. The zero-order valence-corrected chi connectivity index (χ0v) is 16.8. The predicted octanol–water partition coefficient (Wildman–Crippen LogP) is 3.20. The molecule has 0 unspecified atom stereocenters. The second-order valence-electron chi connectivity index (χ2n) is 7.84. The summed E-state index contributed by atoms with van der Waals surface area (Å²) >= 11 is 0. The molecule has 0 spiro atoms. The lowest BCUT2D eigenvalue weighted by Gasteiger charge is -2.36. The van der Waals surface area contributed by atoms with Crippen LogP contribution in [-0.2, 0) is 13.1 Å². The highest BCUT2D eigenvalue weighted by Gasteiger charge is 2.35. The molecule has 7 nitrogen and oxygen atoms in total. The summed E-state index contributed by atoms with van der Waals surface area (Å²) in [5.74, 6) is 0.740. The van der Waals surface area contributed by atoms with Gasteiger partial charge in [-0.2, -0.15) is 0 Å². The van der Waals surface area contributed by atoms with Crippen molar-refractivity contribution in [3.8, 4) is 0 Å². The van der Waals surface area contributed by atoms with Crippen LogP contribution in [0.1, 0.15) is 29.7 Å². The summed E-state index contributed by atoms with van der Waals surface area (Å²) in [6.07, 6.45) is 3.23. The molecule has 0 saturated carbocycles. The fourth-order valence-electron chi connectivity index (χ4n) is 4.07. The van der Waals surface area contributed by atoms with Crippen molar-refractivity contribution in [2.75, 3.05) is 26.2 Å². The second-order valence-corrected chi connectivity index (χ2v) is 7.84. The molecule has 3 heterocycles. The molecule has 1 aromatic carbocycles. The van der Waals surface area contributed by atoms with Gasteiger partial charge in [0, 0.05) is 38.8 Å². The van der Waals surface area contributed by atoms with Gasteiger partial charge in [0.15, 0.2) is 0 Å². The van der Waals surface area contributed by atoms with Crippen LogP contribution in [0.25, 0.3) is 0 Å². The standard InChI is InChI=1S/C22H28N4O3/c1-17-4-6-18(7-5-17)16-25-12-13-26(22(25)28)19-8-10-24(11-9-19)21(27)23-15-20-3-2-14-29-20/h2-7,14,19H,8-13,15-16H2,1H3,(H,23,27). The molecule has 0 bridgehead atoms. The Hall–Kier alpha value is -2.96. The van der Waals surface area contributed by atoms with Crippen molar-refractivity contribution in [1.82, 2.24) is 20.0 Å². The molecule has 2 aromatic rings. The maximum atomic E-state index is 12.9. The second kappa shape index (κ2) is 8.59. The highest BCUT2D eigenvalue weighted by Crippen LogP contribution is 2.23. The van der Waals surface area contributed by atoms with Crippen molar-refractivity contribution in [3.63, 3.8) is 0 Å². The van der Waals surface area contributed by atoms with Crippen molar-refractivity contribution in [2.45, 2.75) is 38.9 Å². The molecule has 154 valence electrons. The molecule has 0 radical (unpaired) electrons. The first-order chi connectivity index (χ1) is 14.1. The van der Waals surface area contributed by atoms with Gasteiger partial charge in [0.05, 0.1) is 12.8 Å². The van der Waals surface area contributed by atoms with Gasteiger partial charge in [-0.25, -0.2) is 9.59 Å². The fourth-order valence-corrected chi connectivity index (χ4v) is 4.07. The van der Waals surface area contributed by atoms with E-state index in [0.717, 1.165) is 37.3 Å². The zero-order valence-electron chi connectivity index (χ0n) is 16.8. The van der Waals surface area contributed by atoms with Crippen molar-refractivity contribution >= 4 is 12.1 Å². The van der Waals surface area contributed by atoms with Crippen LogP contribution in [0.2, 0.25) is 0 Å². The van der Waals surface area contributed by atoms with E-state index in [2.05, 4.69) is 36.5 Å². The molecule has 7 heteroatoms. The lowest BCUT2D eigenvalue weighted by atomic mass is 10.0. The minimum atomic E-state index is -0.0754. The number of likely N-dealkylation sites (tertiary alicyclic amines) is 1. The Morgan fingerprint density at radius 2 is 1.86 bits per heavy atom. The predicted molar refractivity (Wildman–Crippen MR) is 109 cm³/mol. The van der Waals surface area contributed by atoms with E-state index in [1.807, 2.05) is 26.8 Å². The number of nitrogens with zero attached hydrogens (tertiary/aromatic N) is 3. The van der Waals surface area contributed by atoms with Gasteiger partial charge in [0.2, 0.25) is 0 Å². The minimum absolute atomic E-state index is 0.0754. The largest absolute Gasteiger partial charge is 0.467 e. The number of aryl methyl sites for hydroxylation is 1. The molecule has 1 N–H and O–H groups in total. The summed E-state index contributed by atoms with van der Waals surface area (Å²) in [6.45, 7) is 5.97. The third kappa shape index (κ3) is 4.55. The molecule has 0 aliphatic carbocycles. The molecule has 2 aliphatic rings. The maximum absolute atomic E-state index is 12.9. The number of benzene rings is 1. The lowest BCUT2D eigenvalue weighted by Crippen LogP contribution is -2.50. The average Bonchev–Trinajstić information content (AvgIpc) is 3.38. The van der Waals surface area contributed by atoms with Crippen LogP contribution in [0.4, 0.5) is 9.59 Å². The van der Waals surface area contributed by atoms with Gasteiger partial charge in [-0.05, 0) is 37.5 Å². The van der Waals surface area contributed by atoms with Gasteiger partial charge < -0.3 is 24.4 Å². The van der Waals surface area contributed by atoms with Gasteiger partial charge in [0.1, 0.15) is 5.76 Å². The molecule has 29 heavy (non-hydrogen) atoms. The van der Waals surface area contributed by atoms with Gasteiger partial charge >= 0.3 is 12.1 Å². The first-order valence-electron chi connectivity index (χ1n) is 10.3. The third-order valence-electron chi connectivity index (χ3n) is 5.81. The molecule has 1 aromatic heterocycles. The number of urea groups is 2. The van der Waals surface area contributed by atoms with Crippen molar-refractivity contribution in [2.24, 2.45) is 0 Å². The smallest absolute Gasteiger partial charge is 0.320 e. The number of furan rings is 1. The van der Waals surface area contributed by atoms with Crippen LogP contribution < -0.4 is 5.32 Å². The number of hydrogen-bond acceptors (Lipinski definition) is 3. The SMILES string of the molecule is Cc1ccc(CN2CCN(C3CCN(C(=O)NCc4ccco4)CC3)C2=O)cc1. The summed E-state index contributed by atoms with van der Waals surface area (Å²) in [7, 11) is 0. The van der Waals surface area contributed by atoms with E-state index in [0.29, 0.717) is 26.2 Å². The van der Waals surface area contributed by atoms with Gasteiger partial charge in [-0.1, -0.05) is 29.8 Å². The van der Waals surface area contributed by atoms with Crippen LogP contribution in [0.15, 0.2) is 47.1 Å². The summed E-state index contributed by atoms with van der Waals surface area (Å²) < 4.78 is 5.24. The Kier molecular flexibility index (Phi) is 5.74. The van der Waals surface area contributed by atoms with E-state index in [4.69, 9.17) is 4.42 Å². The average molecular weight is 396 g/mol. The van der Waals surface area contributed by atoms with Gasteiger partial charge in [-0.3, -0.25) is 0 Å². The molecule has 4 amide bonds. The Morgan fingerprint density at radius 1 is 1.10 bits per heavy atom. The normalized spacial score (nSPS) is 17.8. The van der Waals surface area contributed by atoms with E-state index in [9.17, 15) is 9.59 Å². The Bertz CT molecular complexity index is 826. The Balaban J connectivity index is 1.24. The van der Waals surface area contributed by atoms with Crippen LogP contribution in [0, 0.1) is 6.92 Å². The van der Waals surface area contributed by atoms with Crippen molar-refractivity contribution in [3.05, 3.63) is 59.5 Å². The topological polar surface area (TPSA) is 69.0 Å². The molecule has 2 fully saturated rings. The summed E-state index contributed by atoms with van der Waals surface area (Å²) in [5.41, 5.74) is 2.39. The summed E-state index contributed by atoms with van der Waals surface area (Å²) in [6, 6.07) is 12.2. The van der Waals surface area contributed by atoms with E-state index in [1.54, 1.807) is 6.26 Å². The zero-order chi connectivity index (χ0) is 20.2.